The zero-order chi connectivity index (χ0) is 21.8. The first-order chi connectivity index (χ1) is 12.2. The molecule has 7 nitrogen and oxygen atoms in total. The zero-order valence-electron chi connectivity index (χ0n) is 18.5. The molecular weight excluding hydrogens is 400 g/mol. The first kappa shape index (κ1) is 28.9. The fourth-order valence-corrected chi connectivity index (χ4v) is 9.79. The maximum Gasteiger partial charge on any atom is 0.332 e. The van der Waals surface area contributed by atoms with Gasteiger partial charge < -0.3 is 27.9 Å². The monoisotopic (exact) mass is 440 g/mol. The second-order valence-corrected chi connectivity index (χ2v) is 20.0. The van der Waals surface area contributed by atoms with Gasteiger partial charge in [-0.2, -0.15) is 0 Å². The molecule has 2 N–H and O–H groups in total. The number of carbonyl (C=O) groups is 1. The van der Waals surface area contributed by atoms with Crippen molar-refractivity contribution in [2.24, 2.45) is 0 Å². The third kappa shape index (κ3) is 17.5. The molecule has 0 fully saturated rings. The van der Waals surface area contributed by atoms with Gasteiger partial charge in [-0.25, -0.2) is 4.79 Å². The van der Waals surface area contributed by atoms with Crippen molar-refractivity contribution < 1.29 is 32.7 Å². The minimum Gasteiger partial charge on any atom is -0.466 e. The van der Waals surface area contributed by atoms with Crippen molar-refractivity contribution in [3.05, 3.63) is 12.2 Å². The average molecular weight is 441 g/mol. The lowest BCUT2D eigenvalue weighted by Crippen LogP contribution is -2.51. The van der Waals surface area contributed by atoms with E-state index in [1.165, 1.54) is 7.11 Å². The molecular formula is C17H40O7Si3. The predicted molar refractivity (Wildman–Crippen MR) is 116 cm³/mol. The molecule has 0 heterocycles. The Balaban J connectivity index is 0. The third-order valence-electron chi connectivity index (χ3n) is 2.89. The van der Waals surface area contributed by atoms with Crippen LogP contribution in [-0.2, 0) is 22.5 Å². The highest BCUT2D eigenvalue weighted by molar-refractivity contribution is 6.81. The van der Waals surface area contributed by atoms with Gasteiger partial charge in [-0.1, -0.05) is 13.5 Å². The number of hydrogen-bond donors (Lipinski definition) is 2. The van der Waals surface area contributed by atoms with Crippen LogP contribution >= 0.6 is 0 Å². The molecule has 0 amide bonds. The molecule has 0 aromatic carbocycles. The van der Waals surface area contributed by atoms with Crippen LogP contribution in [0.3, 0.4) is 0 Å². The first-order valence-electron chi connectivity index (χ1n) is 9.16. The van der Waals surface area contributed by atoms with Crippen molar-refractivity contribution in [2.45, 2.75) is 71.4 Å². The van der Waals surface area contributed by atoms with Crippen LogP contribution < -0.4 is 0 Å². The van der Waals surface area contributed by atoms with Gasteiger partial charge in [-0.05, 0) is 52.6 Å². The summed E-state index contributed by atoms with van der Waals surface area (Å²) in [6.07, 6.45) is -0.0400. The summed E-state index contributed by atoms with van der Waals surface area (Å²) in [7, 11) is -4.02. The van der Waals surface area contributed by atoms with Gasteiger partial charge in [0.2, 0.25) is 0 Å². The summed E-state index contributed by atoms with van der Waals surface area (Å²) in [6, 6.07) is 0. The van der Waals surface area contributed by atoms with Crippen LogP contribution in [0.5, 0.6) is 0 Å². The van der Waals surface area contributed by atoms with E-state index in [4.69, 9.17) is 18.1 Å². The number of rotatable bonds is 11. The Kier molecular flexibility index (Phi) is 14.7. The topological polar surface area (TPSA) is 94.5 Å². The normalized spacial score (nSPS) is 14.2. The summed E-state index contributed by atoms with van der Waals surface area (Å²) in [6.45, 7) is 19.7. The highest BCUT2D eigenvalue weighted by Crippen LogP contribution is 2.17. The highest BCUT2D eigenvalue weighted by Gasteiger charge is 2.35. The van der Waals surface area contributed by atoms with Crippen LogP contribution in [0.1, 0.15) is 20.3 Å². The van der Waals surface area contributed by atoms with E-state index in [1.807, 2.05) is 6.92 Å². The van der Waals surface area contributed by atoms with Crippen molar-refractivity contribution in [3.8, 4) is 0 Å². The number of esters is 1. The summed E-state index contributed by atoms with van der Waals surface area (Å²) >= 11 is 0. The number of aliphatic hydroxyl groups excluding tert-OH is 2. The van der Waals surface area contributed by atoms with Crippen molar-refractivity contribution in [3.63, 3.8) is 0 Å². The zero-order valence-corrected chi connectivity index (χ0v) is 21.7. The molecule has 27 heavy (non-hydrogen) atoms. The molecule has 0 aliphatic rings. The Morgan fingerprint density at radius 1 is 1.11 bits per heavy atom. The number of aliphatic hydroxyl groups is 2. The second kappa shape index (κ2) is 13.8. The molecule has 0 rings (SSSR count). The maximum absolute atomic E-state index is 10.2. The molecule has 2 atom stereocenters. The number of hydrogen-bond acceptors (Lipinski definition) is 7. The maximum atomic E-state index is 10.2. The van der Waals surface area contributed by atoms with Gasteiger partial charge in [-0.3, -0.25) is 0 Å². The van der Waals surface area contributed by atoms with Gasteiger partial charge in [0.15, 0.2) is 16.6 Å². The minimum absolute atomic E-state index is 0.0883. The van der Waals surface area contributed by atoms with Crippen LogP contribution in [0.25, 0.3) is 0 Å². The van der Waals surface area contributed by atoms with Gasteiger partial charge in [-0.15, -0.1) is 0 Å². The van der Waals surface area contributed by atoms with Crippen molar-refractivity contribution in [2.75, 3.05) is 20.3 Å². The number of ether oxygens (including phenoxy) is 2. The van der Waals surface area contributed by atoms with Crippen molar-refractivity contribution in [1.82, 2.24) is 0 Å². The predicted octanol–water partition coefficient (Wildman–Crippen LogP) is 2.33. The Morgan fingerprint density at radius 3 is 1.78 bits per heavy atom. The molecule has 2 unspecified atom stereocenters. The molecule has 0 saturated carbocycles. The lowest BCUT2D eigenvalue weighted by molar-refractivity contribution is -0.136. The van der Waals surface area contributed by atoms with Crippen LogP contribution in [0.15, 0.2) is 12.2 Å². The summed E-state index contributed by atoms with van der Waals surface area (Å²) in [4.78, 5) is 10.2. The average Bonchev–Trinajstić information content (AvgIpc) is 2.51. The smallest absolute Gasteiger partial charge is 0.332 e. The van der Waals surface area contributed by atoms with Gasteiger partial charge in [0, 0.05) is 5.57 Å². The largest absolute Gasteiger partial charge is 0.466 e. The molecule has 0 radical (unpaired) electrons. The van der Waals surface area contributed by atoms with Gasteiger partial charge in [0.05, 0.1) is 26.1 Å². The van der Waals surface area contributed by atoms with E-state index in [0.717, 1.165) is 6.42 Å². The summed E-state index contributed by atoms with van der Waals surface area (Å²) in [5, 5.41) is 18.3. The van der Waals surface area contributed by atoms with Crippen LogP contribution in [0, 0.1) is 0 Å². The Labute approximate surface area is 168 Å². The van der Waals surface area contributed by atoms with Crippen LogP contribution in [-0.4, -0.2) is 74.3 Å². The molecule has 10 heteroatoms. The number of carbonyl (C=O) groups excluding carboxylic acids is 1. The van der Waals surface area contributed by atoms with E-state index in [1.54, 1.807) is 6.92 Å². The van der Waals surface area contributed by atoms with E-state index >= 15 is 0 Å². The van der Waals surface area contributed by atoms with E-state index < -0.39 is 32.0 Å². The van der Waals surface area contributed by atoms with Gasteiger partial charge in [0.1, 0.15) is 6.10 Å². The van der Waals surface area contributed by atoms with E-state index in [0.29, 0.717) is 5.57 Å². The Hall–Kier alpha value is -0.339. The highest BCUT2D eigenvalue weighted by atomic mass is 28.4. The first-order valence-corrected chi connectivity index (χ1v) is 17.6. The fraction of sp³-hybridized carbons (Fsp3) is 0.824. The lowest BCUT2D eigenvalue weighted by atomic mass is 10.4. The molecule has 162 valence electrons. The fourth-order valence-electron chi connectivity index (χ4n) is 1.72. The Bertz CT molecular complexity index is 417. The number of methoxy groups -OCH3 is 1. The molecule has 0 bridgehead atoms. The minimum atomic E-state index is -1.96. The SMILES string of the molecule is C=C(C)C(=O)OC.CCC(OCC(O)CO)[SiH](O[Si](C)(C)C)O[Si](C)(C)C. The van der Waals surface area contributed by atoms with E-state index in [2.05, 4.69) is 50.6 Å². The summed E-state index contributed by atoms with van der Waals surface area (Å²) in [5.74, 6) is -0.347. The standard InChI is InChI=1S/C12H32O5Si3.C5H8O2/c1-8-12(15-10-11(14)9-13)18(16-19(2,3)4)17-20(5,6)7;1-4(2)5(6)7-3/h11-14,18H,8-10H2,1-7H3;1H2,2-3H3. The van der Waals surface area contributed by atoms with Crippen molar-refractivity contribution >= 4 is 31.9 Å². The third-order valence-corrected chi connectivity index (χ3v) is 11.7. The Morgan fingerprint density at radius 2 is 1.56 bits per heavy atom. The lowest BCUT2D eigenvalue weighted by Gasteiger charge is -2.35. The van der Waals surface area contributed by atoms with Crippen molar-refractivity contribution in [1.29, 1.82) is 0 Å². The molecule has 0 aromatic rings. The molecule has 0 spiro atoms. The van der Waals surface area contributed by atoms with Gasteiger partial charge >= 0.3 is 15.3 Å². The van der Waals surface area contributed by atoms with Gasteiger partial charge in [0.25, 0.3) is 0 Å². The van der Waals surface area contributed by atoms with E-state index in [9.17, 15) is 9.90 Å². The molecule has 0 aromatic heterocycles. The van der Waals surface area contributed by atoms with Crippen LogP contribution in [0.4, 0.5) is 0 Å². The summed E-state index contributed by atoms with van der Waals surface area (Å²) < 4.78 is 22.5. The van der Waals surface area contributed by atoms with E-state index in [-0.39, 0.29) is 24.9 Å². The second-order valence-electron chi connectivity index (χ2n) is 8.22. The van der Waals surface area contributed by atoms with Crippen LogP contribution in [0.2, 0.25) is 39.3 Å². The molecule has 0 aliphatic heterocycles. The quantitative estimate of drug-likeness (QED) is 0.289. The summed E-state index contributed by atoms with van der Waals surface area (Å²) in [5.41, 5.74) is 0.345. The molecule has 0 saturated heterocycles. The molecule has 0 aliphatic carbocycles.